The molecule has 3 nitrogen and oxygen atoms in total. The average Bonchev–Trinajstić information content (AvgIpc) is 2.49. The van der Waals surface area contributed by atoms with Gasteiger partial charge in [0.2, 0.25) is 0 Å². The van der Waals surface area contributed by atoms with Crippen LogP contribution in [0.5, 0.6) is 5.75 Å². The molecule has 3 heteroatoms. The summed E-state index contributed by atoms with van der Waals surface area (Å²) in [5, 5.41) is 3.66. The Hall–Kier alpha value is -1.06. The van der Waals surface area contributed by atoms with E-state index >= 15 is 0 Å². The second-order valence-electron chi connectivity index (χ2n) is 6.21. The third-order valence-corrected chi connectivity index (χ3v) is 4.24. The Labute approximate surface area is 129 Å². The largest absolute Gasteiger partial charge is 0.494 e. The first-order valence-electron chi connectivity index (χ1n) is 8.38. The first-order chi connectivity index (χ1) is 10.2. The van der Waals surface area contributed by atoms with Gasteiger partial charge in [-0.05, 0) is 46.2 Å². The summed E-state index contributed by atoms with van der Waals surface area (Å²) in [5.74, 6) is 1.03. The minimum absolute atomic E-state index is 0.545. The Kier molecular flexibility index (Phi) is 6.52. The van der Waals surface area contributed by atoms with Crippen molar-refractivity contribution in [1.82, 2.24) is 10.2 Å². The fraction of sp³-hybridized carbons (Fsp3) is 0.667. The van der Waals surface area contributed by atoms with Gasteiger partial charge in [0.05, 0.1) is 6.61 Å². The van der Waals surface area contributed by atoms with E-state index < -0.39 is 0 Å². The van der Waals surface area contributed by atoms with Crippen LogP contribution < -0.4 is 10.1 Å². The zero-order valence-corrected chi connectivity index (χ0v) is 13.8. The van der Waals surface area contributed by atoms with Crippen molar-refractivity contribution in [2.75, 3.05) is 19.7 Å². The van der Waals surface area contributed by atoms with Crippen LogP contribution in [0.15, 0.2) is 24.3 Å². The molecule has 0 amide bonds. The molecule has 1 aromatic rings. The molecule has 1 aliphatic rings. The first kappa shape index (κ1) is 16.3. The van der Waals surface area contributed by atoms with Gasteiger partial charge in [0, 0.05) is 30.7 Å². The zero-order valence-electron chi connectivity index (χ0n) is 13.8. The van der Waals surface area contributed by atoms with E-state index in [1.54, 1.807) is 0 Å². The Morgan fingerprint density at radius 1 is 1.29 bits per heavy atom. The minimum Gasteiger partial charge on any atom is -0.494 e. The lowest BCUT2D eigenvalue weighted by atomic mass is 10.0. The van der Waals surface area contributed by atoms with Crippen LogP contribution in [0, 0.1) is 0 Å². The SMILES string of the molecule is CCOc1ccccc1CN(CC1CCCCN1)C(C)C. The van der Waals surface area contributed by atoms with Crippen molar-refractivity contribution in [3.05, 3.63) is 29.8 Å². The van der Waals surface area contributed by atoms with Gasteiger partial charge in [-0.1, -0.05) is 24.6 Å². The Morgan fingerprint density at radius 2 is 2.10 bits per heavy atom. The number of benzene rings is 1. The first-order valence-corrected chi connectivity index (χ1v) is 8.38. The quantitative estimate of drug-likeness (QED) is 0.832. The molecule has 1 aromatic carbocycles. The highest BCUT2D eigenvalue weighted by Gasteiger charge is 2.19. The summed E-state index contributed by atoms with van der Waals surface area (Å²) < 4.78 is 5.77. The molecule has 0 aromatic heterocycles. The van der Waals surface area contributed by atoms with Gasteiger partial charge < -0.3 is 10.1 Å². The van der Waals surface area contributed by atoms with Gasteiger partial charge in [0.1, 0.15) is 5.75 Å². The van der Waals surface area contributed by atoms with Gasteiger partial charge in [0.25, 0.3) is 0 Å². The summed E-state index contributed by atoms with van der Waals surface area (Å²) in [6, 6.07) is 9.61. The van der Waals surface area contributed by atoms with Crippen LogP contribution in [0.2, 0.25) is 0 Å². The molecule has 1 unspecified atom stereocenters. The topological polar surface area (TPSA) is 24.5 Å². The molecule has 118 valence electrons. The summed E-state index contributed by atoms with van der Waals surface area (Å²) >= 11 is 0. The normalized spacial score (nSPS) is 19.2. The molecule has 0 aliphatic carbocycles. The lowest BCUT2D eigenvalue weighted by Gasteiger charge is -2.33. The highest BCUT2D eigenvalue weighted by Crippen LogP contribution is 2.21. The second-order valence-corrected chi connectivity index (χ2v) is 6.21. The van der Waals surface area contributed by atoms with Crippen LogP contribution >= 0.6 is 0 Å². The van der Waals surface area contributed by atoms with Crippen molar-refractivity contribution in [3.63, 3.8) is 0 Å². The van der Waals surface area contributed by atoms with E-state index in [4.69, 9.17) is 4.74 Å². The predicted octanol–water partition coefficient (Wildman–Crippen LogP) is 3.44. The molecule has 1 N–H and O–H groups in total. The van der Waals surface area contributed by atoms with Crippen LogP contribution in [-0.4, -0.2) is 36.7 Å². The third-order valence-electron chi connectivity index (χ3n) is 4.24. The van der Waals surface area contributed by atoms with Crippen molar-refractivity contribution in [1.29, 1.82) is 0 Å². The highest BCUT2D eigenvalue weighted by molar-refractivity contribution is 5.33. The standard InChI is InChI=1S/C18H30N2O/c1-4-21-18-11-6-5-9-16(18)13-20(15(2)3)14-17-10-7-8-12-19-17/h5-6,9,11,15,17,19H,4,7-8,10,12-14H2,1-3H3. The van der Waals surface area contributed by atoms with E-state index in [-0.39, 0.29) is 0 Å². The van der Waals surface area contributed by atoms with E-state index in [1.165, 1.54) is 31.4 Å². The maximum Gasteiger partial charge on any atom is 0.123 e. The molecule has 0 spiro atoms. The van der Waals surface area contributed by atoms with Crippen molar-refractivity contribution >= 4 is 0 Å². The average molecular weight is 290 g/mol. The van der Waals surface area contributed by atoms with E-state index in [9.17, 15) is 0 Å². The second kappa shape index (κ2) is 8.40. The molecule has 1 heterocycles. The Morgan fingerprint density at radius 3 is 2.76 bits per heavy atom. The minimum atomic E-state index is 0.545. The van der Waals surface area contributed by atoms with E-state index in [0.717, 1.165) is 25.4 Å². The fourth-order valence-corrected chi connectivity index (χ4v) is 2.97. The summed E-state index contributed by atoms with van der Waals surface area (Å²) in [5.41, 5.74) is 1.30. The van der Waals surface area contributed by atoms with Gasteiger partial charge >= 0.3 is 0 Å². The van der Waals surface area contributed by atoms with Crippen LogP contribution in [0.3, 0.4) is 0 Å². The number of nitrogens with one attached hydrogen (secondary N) is 1. The summed E-state index contributed by atoms with van der Waals surface area (Å²) in [6.07, 6.45) is 3.99. The van der Waals surface area contributed by atoms with E-state index in [2.05, 4.69) is 48.3 Å². The molecule has 1 fully saturated rings. The van der Waals surface area contributed by atoms with Gasteiger partial charge in [-0.25, -0.2) is 0 Å². The Bertz CT molecular complexity index is 413. The van der Waals surface area contributed by atoms with Crippen molar-refractivity contribution in [2.45, 2.75) is 58.7 Å². The molecule has 0 radical (unpaired) electrons. The lowest BCUT2D eigenvalue weighted by Crippen LogP contribution is -2.45. The third kappa shape index (κ3) is 5.01. The number of ether oxygens (including phenoxy) is 1. The maximum absolute atomic E-state index is 5.77. The smallest absolute Gasteiger partial charge is 0.123 e. The molecular formula is C18H30N2O. The molecular weight excluding hydrogens is 260 g/mol. The van der Waals surface area contributed by atoms with Crippen LogP contribution in [-0.2, 0) is 6.54 Å². The molecule has 1 saturated heterocycles. The number of hydrogen-bond acceptors (Lipinski definition) is 3. The summed E-state index contributed by atoms with van der Waals surface area (Å²) in [6.45, 7) is 10.6. The molecule has 2 rings (SSSR count). The van der Waals surface area contributed by atoms with E-state index in [1.807, 2.05) is 6.92 Å². The number of nitrogens with zero attached hydrogens (tertiary/aromatic N) is 1. The molecule has 1 atom stereocenters. The highest BCUT2D eigenvalue weighted by atomic mass is 16.5. The van der Waals surface area contributed by atoms with Crippen molar-refractivity contribution in [2.24, 2.45) is 0 Å². The number of para-hydroxylation sites is 1. The van der Waals surface area contributed by atoms with Crippen LogP contribution in [0.4, 0.5) is 0 Å². The van der Waals surface area contributed by atoms with E-state index in [0.29, 0.717) is 12.1 Å². The van der Waals surface area contributed by atoms with Gasteiger partial charge in [0.15, 0.2) is 0 Å². The molecule has 21 heavy (non-hydrogen) atoms. The van der Waals surface area contributed by atoms with Gasteiger partial charge in [-0.3, -0.25) is 4.90 Å². The zero-order chi connectivity index (χ0) is 15.1. The van der Waals surface area contributed by atoms with Crippen LogP contribution in [0.1, 0.15) is 45.6 Å². The lowest BCUT2D eigenvalue weighted by molar-refractivity contribution is 0.174. The molecule has 0 saturated carbocycles. The fourth-order valence-electron chi connectivity index (χ4n) is 2.97. The molecule has 0 bridgehead atoms. The number of rotatable bonds is 7. The number of hydrogen-bond donors (Lipinski definition) is 1. The molecule has 1 aliphatic heterocycles. The van der Waals surface area contributed by atoms with Gasteiger partial charge in [-0.2, -0.15) is 0 Å². The van der Waals surface area contributed by atoms with Gasteiger partial charge in [-0.15, -0.1) is 0 Å². The van der Waals surface area contributed by atoms with Crippen LogP contribution in [0.25, 0.3) is 0 Å². The Balaban J connectivity index is 2.01. The summed E-state index contributed by atoms with van der Waals surface area (Å²) in [7, 11) is 0. The number of piperidine rings is 1. The predicted molar refractivity (Wildman–Crippen MR) is 88.8 cm³/mol. The van der Waals surface area contributed by atoms with Crippen molar-refractivity contribution < 1.29 is 4.74 Å². The van der Waals surface area contributed by atoms with Crippen molar-refractivity contribution in [3.8, 4) is 5.75 Å². The monoisotopic (exact) mass is 290 g/mol. The summed E-state index contributed by atoms with van der Waals surface area (Å²) in [4.78, 5) is 2.56. The maximum atomic E-state index is 5.77.